The molecule has 0 bridgehead atoms. The first kappa shape index (κ1) is 23.3. The van der Waals surface area contributed by atoms with Gasteiger partial charge in [-0.2, -0.15) is 0 Å². The van der Waals surface area contributed by atoms with Crippen molar-refractivity contribution in [2.24, 2.45) is 0 Å². The first-order chi connectivity index (χ1) is 16.4. The van der Waals surface area contributed by atoms with Crippen molar-refractivity contribution >= 4 is 50.7 Å². The molecule has 2 amide bonds. The monoisotopic (exact) mass is 475 g/mol. The van der Waals surface area contributed by atoms with Crippen LogP contribution in [0.1, 0.15) is 28.5 Å². The van der Waals surface area contributed by atoms with Crippen LogP contribution in [-0.2, 0) is 22.6 Å². The number of nitrogens with zero attached hydrogens (tertiary/aromatic N) is 2. The Hall–Kier alpha value is -3.91. The zero-order valence-corrected chi connectivity index (χ0v) is 19.8. The number of nitrogens with one attached hydrogen (secondary N) is 1. The van der Waals surface area contributed by atoms with Crippen LogP contribution in [0.5, 0.6) is 0 Å². The molecule has 2 N–H and O–H groups in total. The van der Waals surface area contributed by atoms with Crippen molar-refractivity contribution in [1.29, 1.82) is 0 Å². The zero-order chi connectivity index (χ0) is 24.2. The number of amides is 2. The smallest absolute Gasteiger partial charge is 0.307 e. The summed E-state index contributed by atoms with van der Waals surface area (Å²) in [5.74, 6) is -1.35. The summed E-state index contributed by atoms with van der Waals surface area (Å²) in [7, 11) is 0. The van der Waals surface area contributed by atoms with Gasteiger partial charge in [-0.3, -0.25) is 14.4 Å². The summed E-state index contributed by atoms with van der Waals surface area (Å²) in [5.41, 5.74) is 4.33. The molecule has 0 aliphatic heterocycles. The molecule has 7 nitrogen and oxygen atoms in total. The predicted molar refractivity (Wildman–Crippen MR) is 135 cm³/mol. The van der Waals surface area contributed by atoms with E-state index in [1.165, 1.54) is 11.3 Å². The second-order valence-corrected chi connectivity index (χ2v) is 8.93. The summed E-state index contributed by atoms with van der Waals surface area (Å²) in [6.45, 7) is 4.46. The lowest BCUT2D eigenvalue weighted by Crippen LogP contribution is -2.34. The van der Waals surface area contributed by atoms with Crippen molar-refractivity contribution in [3.63, 3.8) is 0 Å². The molecule has 4 rings (SSSR count). The Morgan fingerprint density at radius 1 is 1.06 bits per heavy atom. The van der Waals surface area contributed by atoms with Crippen molar-refractivity contribution in [2.45, 2.75) is 26.8 Å². The van der Waals surface area contributed by atoms with Gasteiger partial charge in [-0.25, -0.2) is 0 Å². The Balaban J connectivity index is 1.58. The van der Waals surface area contributed by atoms with Gasteiger partial charge in [-0.1, -0.05) is 24.3 Å². The van der Waals surface area contributed by atoms with Crippen molar-refractivity contribution in [3.8, 4) is 0 Å². The predicted octanol–water partition coefficient (Wildman–Crippen LogP) is 4.94. The molecule has 0 aliphatic carbocycles. The molecule has 2 aromatic carbocycles. The van der Waals surface area contributed by atoms with E-state index in [1.807, 2.05) is 49.6 Å². The van der Waals surface area contributed by atoms with Crippen LogP contribution >= 0.6 is 11.3 Å². The van der Waals surface area contributed by atoms with Crippen LogP contribution in [0.3, 0.4) is 0 Å². The van der Waals surface area contributed by atoms with Gasteiger partial charge in [0.2, 0.25) is 5.91 Å². The maximum atomic E-state index is 13.3. The number of hydrogen-bond acceptors (Lipinski definition) is 4. The molecule has 0 spiro atoms. The van der Waals surface area contributed by atoms with Crippen LogP contribution in [0, 0.1) is 6.92 Å². The average molecular weight is 476 g/mol. The fourth-order valence-electron chi connectivity index (χ4n) is 3.93. The molecule has 0 saturated heterocycles. The van der Waals surface area contributed by atoms with E-state index in [0.29, 0.717) is 23.5 Å². The minimum absolute atomic E-state index is 0.0301. The molecule has 174 valence electrons. The van der Waals surface area contributed by atoms with Gasteiger partial charge in [0, 0.05) is 17.9 Å². The number of rotatable bonds is 8. The lowest BCUT2D eigenvalue weighted by Gasteiger charge is -2.22. The molecule has 0 saturated carbocycles. The van der Waals surface area contributed by atoms with Crippen molar-refractivity contribution < 1.29 is 19.5 Å². The quantitative estimate of drug-likeness (QED) is 0.377. The second kappa shape index (κ2) is 9.93. The minimum atomic E-state index is -0.911. The molecule has 0 radical (unpaired) electrons. The molecule has 8 heteroatoms. The highest BCUT2D eigenvalue weighted by atomic mass is 32.1. The van der Waals surface area contributed by atoms with Crippen molar-refractivity contribution in [3.05, 3.63) is 82.9 Å². The van der Waals surface area contributed by atoms with Gasteiger partial charge in [0.1, 0.15) is 12.2 Å². The highest BCUT2D eigenvalue weighted by Gasteiger charge is 2.22. The largest absolute Gasteiger partial charge is 0.481 e. The first-order valence-electron chi connectivity index (χ1n) is 10.9. The summed E-state index contributed by atoms with van der Waals surface area (Å²) < 4.78 is 2.68. The Kier molecular flexibility index (Phi) is 6.79. The Bertz CT molecular complexity index is 1350. The van der Waals surface area contributed by atoms with E-state index < -0.39 is 5.97 Å². The zero-order valence-electron chi connectivity index (χ0n) is 18.9. The topological polar surface area (TPSA) is 91.6 Å². The molecule has 2 heterocycles. The average Bonchev–Trinajstić information content (AvgIpc) is 3.38. The van der Waals surface area contributed by atoms with Gasteiger partial charge in [0.15, 0.2) is 0 Å². The maximum absolute atomic E-state index is 13.3. The number of aromatic nitrogens is 1. The number of aliphatic carboxylic acids is 1. The minimum Gasteiger partial charge on any atom is -0.481 e. The Labute approximate surface area is 201 Å². The molecule has 4 aromatic rings. The number of thiophene rings is 1. The molecule has 0 aliphatic rings. The third-order valence-corrected chi connectivity index (χ3v) is 6.40. The number of anilines is 2. The van der Waals surface area contributed by atoms with E-state index >= 15 is 0 Å². The standard InChI is InChI=1S/C26H25N3O4S/c1-3-28(20-6-4-5-17(2)13-20)24(30)16-29-21-11-12-34-23(21)15-22(29)26(33)27-19-9-7-18(8-10-19)14-25(31)32/h4-13,15H,3,14,16H2,1-2H3,(H,27,33)(H,31,32). The summed E-state index contributed by atoms with van der Waals surface area (Å²) >= 11 is 1.51. The number of carboxylic acids is 1. The lowest BCUT2D eigenvalue weighted by molar-refractivity contribution is -0.136. The number of fused-ring (bicyclic) bond motifs is 1. The van der Waals surface area contributed by atoms with E-state index in [2.05, 4.69) is 5.32 Å². The van der Waals surface area contributed by atoms with Crippen molar-refractivity contribution in [1.82, 2.24) is 4.57 Å². The molecule has 0 fully saturated rings. The third-order valence-electron chi connectivity index (χ3n) is 5.55. The fraction of sp³-hybridized carbons (Fsp3) is 0.192. The summed E-state index contributed by atoms with van der Waals surface area (Å²) in [6.07, 6.45) is -0.0790. The Morgan fingerprint density at radius 3 is 2.50 bits per heavy atom. The summed E-state index contributed by atoms with van der Waals surface area (Å²) in [4.78, 5) is 39.1. The van der Waals surface area contributed by atoms with Gasteiger partial charge in [0.05, 0.1) is 16.6 Å². The molecular formula is C26H25N3O4S. The number of carboxylic acid groups (broad SMARTS) is 1. The van der Waals surface area contributed by atoms with Crippen LogP contribution < -0.4 is 10.2 Å². The SMILES string of the molecule is CCN(C(=O)Cn1c(C(=O)Nc2ccc(CC(=O)O)cc2)cc2sccc21)c1cccc(C)c1. The number of hydrogen-bond donors (Lipinski definition) is 2. The van der Waals surface area contributed by atoms with Gasteiger partial charge >= 0.3 is 5.97 Å². The van der Waals surface area contributed by atoms with E-state index in [-0.39, 0.29) is 24.8 Å². The Morgan fingerprint density at radius 2 is 1.82 bits per heavy atom. The van der Waals surface area contributed by atoms with Crippen LogP contribution in [0.4, 0.5) is 11.4 Å². The van der Waals surface area contributed by atoms with E-state index in [0.717, 1.165) is 21.5 Å². The van der Waals surface area contributed by atoms with Crippen LogP contribution in [0.25, 0.3) is 10.2 Å². The maximum Gasteiger partial charge on any atom is 0.307 e. The molecule has 2 aromatic heterocycles. The fourth-order valence-corrected chi connectivity index (χ4v) is 4.75. The molecule has 0 atom stereocenters. The lowest BCUT2D eigenvalue weighted by atomic mass is 10.1. The van der Waals surface area contributed by atoms with Crippen LogP contribution in [0.15, 0.2) is 66.0 Å². The molecule has 34 heavy (non-hydrogen) atoms. The summed E-state index contributed by atoms with van der Waals surface area (Å²) in [6, 6.07) is 18.2. The van der Waals surface area contributed by atoms with Crippen LogP contribution in [-0.4, -0.2) is 34.0 Å². The van der Waals surface area contributed by atoms with E-state index in [9.17, 15) is 14.4 Å². The number of carbonyl (C=O) groups is 3. The van der Waals surface area contributed by atoms with Gasteiger partial charge in [-0.15, -0.1) is 11.3 Å². The third kappa shape index (κ3) is 5.02. The normalized spacial score (nSPS) is 10.9. The summed E-state index contributed by atoms with van der Waals surface area (Å²) in [5, 5.41) is 13.7. The number of likely N-dealkylation sites (N-methyl/N-ethyl adjacent to an activating group) is 1. The van der Waals surface area contributed by atoms with Gasteiger partial charge in [0.25, 0.3) is 5.91 Å². The highest BCUT2D eigenvalue weighted by Crippen LogP contribution is 2.27. The number of aryl methyl sites for hydroxylation is 1. The molecular weight excluding hydrogens is 450 g/mol. The van der Waals surface area contributed by atoms with Crippen LogP contribution in [0.2, 0.25) is 0 Å². The number of benzene rings is 2. The molecule has 0 unspecified atom stereocenters. The van der Waals surface area contributed by atoms with Crippen molar-refractivity contribution in [2.75, 3.05) is 16.8 Å². The van der Waals surface area contributed by atoms with Gasteiger partial charge in [-0.05, 0) is 66.8 Å². The first-order valence-corrected chi connectivity index (χ1v) is 11.8. The van der Waals surface area contributed by atoms with Gasteiger partial charge < -0.3 is 19.9 Å². The second-order valence-electron chi connectivity index (χ2n) is 7.98. The van der Waals surface area contributed by atoms with E-state index in [1.54, 1.807) is 39.8 Å². The number of carbonyl (C=O) groups excluding carboxylic acids is 2. The van der Waals surface area contributed by atoms with E-state index in [4.69, 9.17) is 5.11 Å². The highest BCUT2D eigenvalue weighted by molar-refractivity contribution is 7.17.